The molecular formula is C6H4NO2Sn. The first-order chi connectivity index (χ1) is 4.70. The summed E-state index contributed by atoms with van der Waals surface area (Å²) in [4.78, 5) is 9.73. The molecule has 3 nitrogen and oxygen atoms in total. The van der Waals surface area contributed by atoms with Crippen LogP contribution in [0.25, 0.3) is 0 Å². The van der Waals surface area contributed by atoms with Crippen LogP contribution < -0.4 is 3.58 Å². The molecule has 1 aromatic carbocycles. The summed E-state index contributed by atoms with van der Waals surface area (Å²) in [7, 11) is 0. The SMILES string of the molecule is O=[N+]([O-])c1cc[c]([Sn])cc1. The molecule has 0 unspecified atom stereocenters. The fourth-order valence-corrected chi connectivity index (χ4v) is 1.06. The zero-order chi connectivity index (χ0) is 7.56. The van der Waals surface area contributed by atoms with Gasteiger partial charge in [-0.2, -0.15) is 0 Å². The molecule has 1 aromatic rings. The Morgan fingerprint density at radius 2 is 1.80 bits per heavy atom. The second kappa shape index (κ2) is 3.00. The van der Waals surface area contributed by atoms with Crippen molar-refractivity contribution in [1.29, 1.82) is 0 Å². The first-order valence-corrected chi connectivity index (χ1v) is 4.09. The van der Waals surface area contributed by atoms with Crippen LogP contribution >= 0.6 is 0 Å². The number of hydrogen-bond donors (Lipinski definition) is 0. The molecule has 4 heteroatoms. The topological polar surface area (TPSA) is 43.1 Å². The van der Waals surface area contributed by atoms with Crippen molar-refractivity contribution in [2.24, 2.45) is 0 Å². The summed E-state index contributed by atoms with van der Waals surface area (Å²) < 4.78 is 1.12. The predicted molar refractivity (Wildman–Crippen MR) is 38.5 cm³/mol. The number of nitro benzene ring substituents is 1. The third-order valence-electron chi connectivity index (χ3n) is 1.08. The molecule has 1 rings (SSSR count). The van der Waals surface area contributed by atoms with Gasteiger partial charge in [0.25, 0.3) is 0 Å². The molecule has 0 bridgehead atoms. The van der Waals surface area contributed by atoms with Gasteiger partial charge in [0.05, 0.1) is 0 Å². The molecule has 0 spiro atoms. The molecule has 0 aromatic heterocycles. The van der Waals surface area contributed by atoms with Gasteiger partial charge in [0.1, 0.15) is 0 Å². The first-order valence-electron chi connectivity index (χ1n) is 2.66. The Hall–Kier alpha value is -0.581. The summed E-state index contributed by atoms with van der Waals surface area (Å²) in [6.07, 6.45) is 0. The van der Waals surface area contributed by atoms with E-state index in [4.69, 9.17) is 0 Å². The van der Waals surface area contributed by atoms with Crippen LogP contribution in [0.15, 0.2) is 24.3 Å². The summed E-state index contributed by atoms with van der Waals surface area (Å²) >= 11 is 1.28. The Kier molecular flexibility index (Phi) is 2.26. The van der Waals surface area contributed by atoms with Crippen LogP contribution in [0.4, 0.5) is 5.69 Å². The van der Waals surface area contributed by atoms with E-state index in [-0.39, 0.29) is 5.69 Å². The van der Waals surface area contributed by atoms with Crippen LogP contribution in [0.5, 0.6) is 0 Å². The normalized spacial score (nSPS) is 9.30. The zero-order valence-electron chi connectivity index (χ0n) is 5.07. The van der Waals surface area contributed by atoms with Crippen LogP contribution in [0.2, 0.25) is 0 Å². The number of nitrogens with zero attached hydrogens (tertiary/aromatic N) is 1. The second-order valence-electron chi connectivity index (χ2n) is 1.80. The van der Waals surface area contributed by atoms with Crippen LogP contribution in [0, 0.1) is 10.1 Å². The van der Waals surface area contributed by atoms with Crippen LogP contribution in [0.3, 0.4) is 0 Å². The van der Waals surface area contributed by atoms with Crippen molar-refractivity contribution in [1.82, 2.24) is 0 Å². The molecule has 0 saturated heterocycles. The molecule has 0 atom stereocenters. The van der Waals surface area contributed by atoms with Gasteiger partial charge >= 0.3 is 71.1 Å². The fraction of sp³-hybridized carbons (Fsp3) is 0. The Labute approximate surface area is 71.3 Å². The van der Waals surface area contributed by atoms with Gasteiger partial charge in [0.15, 0.2) is 0 Å². The number of rotatable bonds is 1. The monoisotopic (exact) mass is 242 g/mol. The first kappa shape index (κ1) is 7.52. The fourth-order valence-electron chi connectivity index (χ4n) is 0.583. The van der Waals surface area contributed by atoms with Gasteiger partial charge < -0.3 is 0 Å². The van der Waals surface area contributed by atoms with E-state index in [1.54, 1.807) is 12.1 Å². The Balaban J connectivity index is 3.00. The van der Waals surface area contributed by atoms with Gasteiger partial charge in [-0.15, -0.1) is 0 Å². The van der Waals surface area contributed by atoms with E-state index >= 15 is 0 Å². The molecule has 0 amide bonds. The maximum atomic E-state index is 10.1. The molecule has 3 radical (unpaired) electrons. The van der Waals surface area contributed by atoms with Gasteiger partial charge in [0.2, 0.25) is 0 Å². The average molecular weight is 241 g/mol. The van der Waals surface area contributed by atoms with E-state index in [9.17, 15) is 10.1 Å². The van der Waals surface area contributed by atoms with E-state index in [0.29, 0.717) is 0 Å². The number of non-ortho nitro benzene ring substituents is 1. The third kappa shape index (κ3) is 1.70. The third-order valence-corrected chi connectivity index (χ3v) is 2.03. The zero-order valence-corrected chi connectivity index (χ0v) is 7.93. The van der Waals surface area contributed by atoms with Crippen LogP contribution in [-0.2, 0) is 0 Å². The van der Waals surface area contributed by atoms with Crippen molar-refractivity contribution in [2.75, 3.05) is 0 Å². The predicted octanol–water partition coefficient (Wildman–Crippen LogP) is 0.389. The number of benzene rings is 1. The summed E-state index contributed by atoms with van der Waals surface area (Å²) in [5.74, 6) is 0. The summed E-state index contributed by atoms with van der Waals surface area (Å²) in [5.41, 5.74) is 0.158. The maximum absolute atomic E-state index is 10.1. The van der Waals surface area contributed by atoms with Crippen molar-refractivity contribution < 1.29 is 4.92 Å². The van der Waals surface area contributed by atoms with E-state index in [1.165, 1.54) is 34.7 Å². The minimum absolute atomic E-state index is 0.158. The second-order valence-corrected chi connectivity index (χ2v) is 3.45. The minimum atomic E-state index is -0.393. The summed E-state index contributed by atoms with van der Waals surface area (Å²) in [6.45, 7) is 0. The van der Waals surface area contributed by atoms with Gasteiger partial charge in [-0.25, -0.2) is 0 Å². The van der Waals surface area contributed by atoms with Crippen LogP contribution in [-0.4, -0.2) is 27.4 Å². The van der Waals surface area contributed by atoms with Crippen molar-refractivity contribution in [3.05, 3.63) is 34.4 Å². The quantitative estimate of drug-likeness (QED) is 0.405. The molecular weight excluding hydrogens is 237 g/mol. The van der Waals surface area contributed by atoms with Gasteiger partial charge in [0, 0.05) is 0 Å². The van der Waals surface area contributed by atoms with E-state index < -0.39 is 4.92 Å². The molecule has 49 valence electrons. The molecule has 0 saturated carbocycles. The van der Waals surface area contributed by atoms with Gasteiger partial charge in [-0.05, 0) is 0 Å². The van der Waals surface area contributed by atoms with Crippen molar-refractivity contribution in [2.45, 2.75) is 0 Å². The van der Waals surface area contributed by atoms with Crippen LogP contribution in [0.1, 0.15) is 0 Å². The summed E-state index contributed by atoms with van der Waals surface area (Å²) in [5, 5.41) is 10.1. The van der Waals surface area contributed by atoms with Crippen molar-refractivity contribution >= 4 is 31.8 Å². The van der Waals surface area contributed by atoms with E-state index in [1.807, 2.05) is 0 Å². The molecule has 0 N–H and O–H groups in total. The number of nitro groups is 1. The molecule has 0 aliphatic rings. The van der Waals surface area contributed by atoms with Gasteiger partial charge in [-0.1, -0.05) is 0 Å². The molecule has 0 aliphatic heterocycles. The van der Waals surface area contributed by atoms with E-state index in [0.717, 1.165) is 3.58 Å². The van der Waals surface area contributed by atoms with Crippen molar-refractivity contribution in [3.63, 3.8) is 0 Å². The molecule has 0 aliphatic carbocycles. The average Bonchev–Trinajstić information content (AvgIpc) is 1.88. The van der Waals surface area contributed by atoms with Gasteiger partial charge in [-0.3, -0.25) is 0 Å². The Bertz CT molecular complexity index is 244. The standard InChI is InChI=1S/C6H4NO2.Sn/c8-7(9)6-4-2-1-3-5-6;/h2-5H;. The van der Waals surface area contributed by atoms with Crippen molar-refractivity contribution in [3.8, 4) is 0 Å². The molecule has 0 heterocycles. The molecule has 10 heavy (non-hydrogen) atoms. The number of hydrogen-bond acceptors (Lipinski definition) is 2. The van der Waals surface area contributed by atoms with E-state index in [2.05, 4.69) is 0 Å². The summed E-state index contributed by atoms with van der Waals surface area (Å²) in [6, 6.07) is 6.56. The molecule has 0 fully saturated rings. The Morgan fingerprint density at radius 3 is 2.20 bits per heavy atom. The Morgan fingerprint density at radius 1 is 1.30 bits per heavy atom.